The maximum Gasteiger partial charge on any atom is 0.193 e. The van der Waals surface area contributed by atoms with Crippen molar-refractivity contribution in [3.8, 4) is 0 Å². The van der Waals surface area contributed by atoms with Gasteiger partial charge in [-0.3, -0.25) is 4.99 Å². The molecule has 1 spiro atoms. The first kappa shape index (κ1) is 14.4. The Morgan fingerprint density at radius 2 is 2.05 bits per heavy atom. The Balaban J connectivity index is 1.35. The van der Waals surface area contributed by atoms with Crippen molar-refractivity contribution in [3.63, 3.8) is 0 Å². The van der Waals surface area contributed by atoms with Crippen molar-refractivity contribution in [1.82, 2.24) is 25.0 Å². The highest BCUT2D eigenvalue weighted by atomic mass is 15.3. The number of aliphatic imine (C=N–C) groups is 1. The molecule has 0 aromatic carbocycles. The van der Waals surface area contributed by atoms with Crippen LogP contribution in [-0.4, -0.2) is 52.3 Å². The first-order valence-electron chi connectivity index (χ1n) is 8.09. The minimum absolute atomic E-state index is 0.631. The van der Waals surface area contributed by atoms with Gasteiger partial charge in [-0.25, -0.2) is 0 Å². The predicted octanol–water partition coefficient (Wildman–Crippen LogP) is 1.51. The van der Waals surface area contributed by atoms with E-state index in [1.54, 1.807) is 12.7 Å². The van der Waals surface area contributed by atoms with Crippen molar-refractivity contribution in [1.29, 1.82) is 0 Å². The van der Waals surface area contributed by atoms with Crippen molar-refractivity contribution in [2.45, 2.75) is 45.1 Å². The number of aryl methyl sites for hydroxylation is 1. The van der Waals surface area contributed by atoms with Crippen LogP contribution < -0.4 is 5.32 Å². The molecule has 6 heteroatoms. The lowest BCUT2D eigenvalue weighted by Crippen LogP contribution is -2.42. The molecule has 0 amide bonds. The molecule has 0 atom stereocenters. The standard InChI is InChI=1S/C15H26N6/c1-16-14(21-10-7-15(11-21)5-4-6-15)17-8-2-3-9-20-12-18-19-13-20/h12-13H,2-11H2,1H3,(H,16,17). The van der Waals surface area contributed by atoms with Gasteiger partial charge in [0.15, 0.2) is 5.96 Å². The number of rotatable bonds is 5. The third-order valence-electron chi connectivity index (χ3n) is 4.96. The highest BCUT2D eigenvalue weighted by molar-refractivity contribution is 5.80. The van der Waals surface area contributed by atoms with E-state index in [4.69, 9.17) is 0 Å². The molecule has 1 N–H and O–H groups in total. The van der Waals surface area contributed by atoms with Crippen LogP contribution in [0.2, 0.25) is 0 Å². The van der Waals surface area contributed by atoms with Crippen molar-refractivity contribution in [2.24, 2.45) is 10.4 Å². The van der Waals surface area contributed by atoms with Crippen LogP contribution in [0.3, 0.4) is 0 Å². The average Bonchev–Trinajstić information content (AvgIpc) is 3.11. The van der Waals surface area contributed by atoms with E-state index in [0.717, 1.165) is 31.9 Å². The van der Waals surface area contributed by atoms with E-state index >= 15 is 0 Å². The van der Waals surface area contributed by atoms with Gasteiger partial charge in [-0.1, -0.05) is 6.42 Å². The van der Waals surface area contributed by atoms with E-state index in [-0.39, 0.29) is 0 Å². The van der Waals surface area contributed by atoms with Gasteiger partial charge < -0.3 is 14.8 Å². The number of nitrogens with zero attached hydrogens (tertiary/aromatic N) is 5. The molecule has 1 aromatic rings. The molecule has 1 saturated carbocycles. The summed E-state index contributed by atoms with van der Waals surface area (Å²) in [6.45, 7) is 4.34. The van der Waals surface area contributed by atoms with E-state index < -0.39 is 0 Å². The summed E-state index contributed by atoms with van der Waals surface area (Å²) in [5, 5.41) is 11.1. The van der Waals surface area contributed by atoms with E-state index in [1.165, 1.54) is 38.8 Å². The van der Waals surface area contributed by atoms with Gasteiger partial charge in [0.05, 0.1) is 0 Å². The summed E-state index contributed by atoms with van der Waals surface area (Å²) in [7, 11) is 1.89. The maximum absolute atomic E-state index is 4.45. The molecule has 0 bridgehead atoms. The molecule has 1 saturated heterocycles. The monoisotopic (exact) mass is 290 g/mol. The van der Waals surface area contributed by atoms with Crippen LogP contribution in [0.1, 0.15) is 38.5 Å². The van der Waals surface area contributed by atoms with Crippen molar-refractivity contribution < 1.29 is 0 Å². The highest BCUT2D eigenvalue weighted by Crippen LogP contribution is 2.47. The summed E-state index contributed by atoms with van der Waals surface area (Å²) in [5.41, 5.74) is 0.631. The number of unbranched alkanes of at least 4 members (excludes halogenated alkanes) is 1. The average molecular weight is 290 g/mol. The lowest BCUT2D eigenvalue weighted by molar-refractivity contribution is 0.151. The lowest BCUT2D eigenvalue weighted by Gasteiger charge is -2.38. The fraction of sp³-hybridized carbons (Fsp3) is 0.800. The maximum atomic E-state index is 4.45. The van der Waals surface area contributed by atoms with Gasteiger partial charge >= 0.3 is 0 Å². The Kier molecular flexibility index (Phi) is 4.41. The van der Waals surface area contributed by atoms with E-state index in [2.05, 4.69) is 25.4 Å². The van der Waals surface area contributed by atoms with Crippen LogP contribution >= 0.6 is 0 Å². The van der Waals surface area contributed by atoms with Gasteiger partial charge in [-0.2, -0.15) is 0 Å². The van der Waals surface area contributed by atoms with Gasteiger partial charge in [0.2, 0.25) is 0 Å². The molecule has 2 fully saturated rings. The largest absolute Gasteiger partial charge is 0.356 e. The van der Waals surface area contributed by atoms with Crippen molar-refractivity contribution in [3.05, 3.63) is 12.7 Å². The quantitative estimate of drug-likeness (QED) is 0.507. The van der Waals surface area contributed by atoms with Gasteiger partial charge in [0, 0.05) is 33.2 Å². The van der Waals surface area contributed by atoms with Crippen LogP contribution in [-0.2, 0) is 6.54 Å². The van der Waals surface area contributed by atoms with Gasteiger partial charge in [0.1, 0.15) is 12.7 Å². The zero-order valence-electron chi connectivity index (χ0n) is 13.0. The Bertz CT molecular complexity index is 463. The first-order valence-corrected chi connectivity index (χ1v) is 8.09. The number of hydrogen-bond acceptors (Lipinski definition) is 3. The molecule has 2 heterocycles. The van der Waals surface area contributed by atoms with E-state index in [1.807, 2.05) is 11.6 Å². The Morgan fingerprint density at radius 3 is 2.67 bits per heavy atom. The topological polar surface area (TPSA) is 58.3 Å². The third-order valence-corrected chi connectivity index (χ3v) is 4.96. The molecule has 0 radical (unpaired) electrons. The van der Waals surface area contributed by atoms with E-state index in [0.29, 0.717) is 5.41 Å². The van der Waals surface area contributed by atoms with E-state index in [9.17, 15) is 0 Å². The molecule has 1 aliphatic carbocycles. The van der Waals surface area contributed by atoms with Crippen molar-refractivity contribution >= 4 is 5.96 Å². The molecule has 6 nitrogen and oxygen atoms in total. The molecule has 1 aromatic heterocycles. The smallest absolute Gasteiger partial charge is 0.193 e. The summed E-state index contributed by atoms with van der Waals surface area (Å²) in [5.74, 6) is 1.09. The van der Waals surface area contributed by atoms with Crippen molar-refractivity contribution in [2.75, 3.05) is 26.7 Å². The SMILES string of the molecule is CN=C(NCCCCn1cnnc1)N1CCC2(CCC2)C1. The van der Waals surface area contributed by atoms with Crippen LogP contribution in [0.15, 0.2) is 17.6 Å². The second kappa shape index (κ2) is 6.45. The number of nitrogens with one attached hydrogen (secondary N) is 1. The minimum Gasteiger partial charge on any atom is -0.356 e. The molecule has 0 unspecified atom stereocenters. The van der Waals surface area contributed by atoms with Gasteiger partial charge in [-0.15, -0.1) is 10.2 Å². The summed E-state index contributed by atoms with van der Waals surface area (Å²) < 4.78 is 2.02. The zero-order valence-corrected chi connectivity index (χ0v) is 13.0. The summed E-state index contributed by atoms with van der Waals surface area (Å²) in [6, 6.07) is 0. The van der Waals surface area contributed by atoms with Crippen LogP contribution in [0, 0.1) is 5.41 Å². The molecule has 2 aliphatic rings. The summed E-state index contributed by atoms with van der Waals surface area (Å²) >= 11 is 0. The molecule has 1 aliphatic heterocycles. The molecule has 21 heavy (non-hydrogen) atoms. The molecular weight excluding hydrogens is 264 g/mol. The van der Waals surface area contributed by atoms with Crippen LogP contribution in [0.25, 0.3) is 0 Å². The number of hydrogen-bond donors (Lipinski definition) is 1. The number of aromatic nitrogens is 3. The Hall–Kier alpha value is -1.59. The zero-order chi connectivity index (χ0) is 14.5. The molecule has 116 valence electrons. The summed E-state index contributed by atoms with van der Waals surface area (Å²) in [6.07, 6.45) is 11.4. The molecular formula is C15H26N6. The Morgan fingerprint density at radius 1 is 1.24 bits per heavy atom. The normalized spacial score (nSPS) is 20.8. The van der Waals surface area contributed by atoms with Crippen LogP contribution in [0.4, 0.5) is 0 Å². The second-order valence-electron chi connectivity index (χ2n) is 6.41. The van der Waals surface area contributed by atoms with Gasteiger partial charge in [0.25, 0.3) is 0 Å². The first-order chi connectivity index (χ1) is 10.3. The third kappa shape index (κ3) is 3.36. The fourth-order valence-electron chi connectivity index (χ4n) is 3.49. The number of guanidine groups is 1. The number of likely N-dealkylation sites (tertiary alicyclic amines) is 1. The second-order valence-corrected chi connectivity index (χ2v) is 6.41. The lowest BCUT2D eigenvalue weighted by atomic mass is 9.68. The minimum atomic E-state index is 0.631. The Labute approximate surface area is 126 Å². The molecule has 3 rings (SSSR count). The van der Waals surface area contributed by atoms with Crippen LogP contribution in [0.5, 0.6) is 0 Å². The predicted molar refractivity (Wildman–Crippen MR) is 83.1 cm³/mol. The highest BCUT2D eigenvalue weighted by Gasteiger charge is 2.43. The van der Waals surface area contributed by atoms with Gasteiger partial charge in [-0.05, 0) is 37.5 Å². The fourth-order valence-corrected chi connectivity index (χ4v) is 3.49. The summed E-state index contributed by atoms with van der Waals surface area (Å²) in [4.78, 5) is 6.89.